The molecule has 0 unspecified atom stereocenters. The predicted molar refractivity (Wildman–Crippen MR) is 66.5 cm³/mol. The fourth-order valence-electron chi connectivity index (χ4n) is 1.63. The lowest BCUT2D eigenvalue weighted by Gasteiger charge is -2.08. The first-order chi connectivity index (χ1) is 8.97. The fraction of sp³-hybridized carbons (Fsp3) is 0.143. The summed E-state index contributed by atoms with van der Waals surface area (Å²) >= 11 is 0. The van der Waals surface area contributed by atoms with Crippen LogP contribution >= 0.6 is 0 Å². The summed E-state index contributed by atoms with van der Waals surface area (Å²) in [4.78, 5) is 0. The summed E-state index contributed by atoms with van der Waals surface area (Å²) in [6, 6.07) is 6.63. The third kappa shape index (κ3) is 2.99. The van der Waals surface area contributed by atoms with E-state index < -0.39 is 17.4 Å². The van der Waals surface area contributed by atoms with Crippen LogP contribution in [0.15, 0.2) is 30.3 Å². The first-order valence-electron chi connectivity index (χ1n) is 5.64. The highest BCUT2D eigenvalue weighted by Crippen LogP contribution is 2.22. The van der Waals surface area contributed by atoms with Gasteiger partial charge in [0.15, 0.2) is 17.4 Å². The number of hydrogen-bond acceptors (Lipinski definition) is 2. The molecule has 0 aliphatic heterocycles. The molecule has 0 radical (unpaired) electrons. The highest BCUT2D eigenvalue weighted by atomic mass is 19.1. The Morgan fingerprint density at radius 2 is 1.63 bits per heavy atom. The maximum atomic E-state index is 13.3. The average Bonchev–Trinajstić information content (AvgIpc) is 2.37. The number of phenolic OH excluding ortho intramolecular Hbond substituents is 1. The molecule has 2 aromatic rings. The first-order valence-corrected chi connectivity index (χ1v) is 5.64. The van der Waals surface area contributed by atoms with Crippen molar-refractivity contribution in [3.05, 3.63) is 58.9 Å². The van der Waals surface area contributed by atoms with Gasteiger partial charge in [-0.25, -0.2) is 13.2 Å². The molecule has 5 heteroatoms. The Hall–Kier alpha value is -2.17. The zero-order valence-corrected chi connectivity index (χ0v) is 10.2. The number of rotatable bonds is 3. The molecule has 0 fully saturated rings. The Morgan fingerprint density at radius 1 is 1.00 bits per heavy atom. The monoisotopic (exact) mass is 267 g/mol. The summed E-state index contributed by atoms with van der Waals surface area (Å²) in [6.45, 7) is 1.76. The second-order valence-electron chi connectivity index (χ2n) is 4.23. The maximum Gasteiger partial charge on any atom is 0.187 e. The second-order valence-corrected chi connectivity index (χ2v) is 4.23. The van der Waals surface area contributed by atoms with Crippen LogP contribution in [0, 0.1) is 24.4 Å². The summed E-state index contributed by atoms with van der Waals surface area (Å²) < 4.78 is 39.5. The van der Waals surface area contributed by atoms with Gasteiger partial charge in [0.05, 0.1) is 0 Å². The Bertz CT molecular complexity index is 591. The minimum absolute atomic E-state index is 0.122. The minimum atomic E-state index is -1.02. The van der Waals surface area contributed by atoms with Gasteiger partial charge < -0.3 is 10.4 Å². The van der Waals surface area contributed by atoms with Crippen molar-refractivity contribution < 1.29 is 18.3 Å². The summed E-state index contributed by atoms with van der Waals surface area (Å²) in [6.07, 6.45) is 0. The molecule has 0 amide bonds. The van der Waals surface area contributed by atoms with Crippen molar-refractivity contribution >= 4 is 5.69 Å². The predicted octanol–water partition coefficient (Wildman–Crippen LogP) is 3.73. The smallest absolute Gasteiger partial charge is 0.187 e. The summed E-state index contributed by atoms with van der Waals surface area (Å²) in [5.41, 5.74) is 1.35. The third-order valence-corrected chi connectivity index (χ3v) is 2.75. The SMILES string of the molecule is Cc1ccc(NCc2cc(F)c(O)c(F)c2)cc1F. The van der Waals surface area contributed by atoms with Crippen molar-refractivity contribution in [3.63, 3.8) is 0 Å². The molecule has 0 saturated heterocycles. The van der Waals surface area contributed by atoms with Gasteiger partial charge in [-0.05, 0) is 42.3 Å². The molecule has 0 heterocycles. The molecule has 0 aliphatic rings. The normalized spacial score (nSPS) is 10.5. The number of nitrogens with one attached hydrogen (secondary N) is 1. The minimum Gasteiger partial charge on any atom is -0.503 e. The van der Waals surface area contributed by atoms with Crippen LogP contribution in [0.4, 0.5) is 18.9 Å². The largest absolute Gasteiger partial charge is 0.503 e. The van der Waals surface area contributed by atoms with Gasteiger partial charge >= 0.3 is 0 Å². The number of aromatic hydroxyl groups is 1. The molecule has 2 N–H and O–H groups in total. The van der Waals surface area contributed by atoms with Crippen LogP contribution in [0.1, 0.15) is 11.1 Å². The Morgan fingerprint density at radius 3 is 2.21 bits per heavy atom. The van der Waals surface area contributed by atoms with E-state index in [1.807, 2.05) is 0 Å². The highest BCUT2D eigenvalue weighted by molar-refractivity contribution is 5.46. The number of hydrogen-bond donors (Lipinski definition) is 2. The number of benzene rings is 2. The van der Waals surface area contributed by atoms with Crippen LogP contribution in [0.5, 0.6) is 5.75 Å². The van der Waals surface area contributed by atoms with Crippen molar-refractivity contribution in [3.8, 4) is 5.75 Å². The molecule has 0 bridgehead atoms. The van der Waals surface area contributed by atoms with Gasteiger partial charge in [0.2, 0.25) is 0 Å². The number of phenols is 1. The number of aryl methyl sites for hydroxylation is 1. The van der Waals surface area contributed by atoms with E-state index in [9.17, 15) is 13.2 Å². The Labute approximate surface area is 108 Å². The fourth-order valence-corrected chi connectivity index (χ4v) is 1.63. The topological polar surface area (TPSA) is 32.3 Å². The van der Waals surface area contributed by atoms with E-state index in [-0.39, 0.29) is 12.4 Å². The molecule has 2 nitrogen and oxygen atoms in total. The summed E-state index contributed by atoms with van der Waals surface area (Å²) in [5.74, 6) is -3.39. The van der Waals surface area contributed by atoms with E-state index >= 15 is 0 Å². The molecule has 2 rings (SSSR count). The van der Waals surface area contributed by atoms with E-state index in [0.717, 1.165) is 12.1 Å². The molecule has 19 heavy (non-hydrogen) atoms. The van der Waals surface area contributed by atoms with Gasteiger partial charge in [-0.2, -0.15) is 0 Å². The second kappa shape index (κ2) is 5.22. The Balaban J connectivity index is 2.12. The Kier molecular flexibility index (Phi) is 3.64. The van der Waals surface area contributed by atoms with Gasteiger partial charge in [0.1, 0.15) is 5.82 Å². The van der Waals surface area contributed by atoms with Crippen LogP contribution in [0.3, 0.4) is 0 Å². The zero-order chi connectivity index (χ0) is 14.0. The van der Waals surface area contributed by atoms with Gasteiger partial charge in [-0.15, -0.1) is 0 Å². The molecule has 0 saturated carbocycles. The van der Waals surface area contributed by atoms with Crippen LogP contribution in [0.25, 0.3) is 0 Å². The van der Waals surface area contributed by atoms with Gasteiger partial charge in [0.25, 0.3) is 0 Å². The number of halogens is 3. The molecule has 0 aliphatic carbocycles. The van der Waals surface area contributed by atoms with Gasteiger partial charge in [0, 0.05) is 12.2 Å². The van der Waals surface area contributed by atoms with E-state index in [4.69, 9.17) is 5.11 Å². The lowest BCUT2D eigenvalue weighted by atomic mass is 10.1. The molecule has 0 aromatic heterocycles. The van der Waals surface area contributed by atoms with Crippen LogP contribution in [0.2, 0.25) is 0 Å². The standard InChI is InChI=1S/C14H12F3NO/c1-8-2-3-10(6-11(8)15)18-7-9-4-12(16)14(19)13(17)5-9/h2-6,18-19H,7H2,1H3. The number of anilines is 1. The van der Waals surface area contributed by atoms with Crippen molar-refractivity contribution in [1.29, 1.82) is 0 Å². The van der Waals surface area contributed by atoms with Crippen LogP contribution < -0.4 is 5.32 Å². The van der Waals surface area contributed by atoms with Crippen molar-refractivity contribution in [2.24, 2.45) is 0 Å². The summed E-state index contributed by atoms with van der Waals surface area (Å²) in [7, 11) is 0. The maximum absolute atomic E-state index is 13.3. The lowest BCUT2D eigenvalue weighted by Crippen LogP contribution is -2.01. The average molecular weight is 267 g/mol. The molecule has 0 atom stereocenters. The van der Waals surface area contributed by atoms with E-state index in [2.05, 4.69) is 5.32 Å². The summed E-state index contributed by atoms with van der Waals surface area (Å²) in [5, 5.41) is 11.8. The van der Waals surface area contributed by atoms with Crippen molar-refractivity contribution in [1.82, 2.24) is 0 Å². The van der Waals surface area contributed by atoms with E-state index in [1.54, 1.807) is 19.1 Å². The van der Waals surface area contributed by atoms with Gasteiger partial charge in [-0.1, -0.05) is 6.07 Å². The molecular weight excluding hydrogens is 255 g/mol. The van der Waals surface area contributed by atoms with Crippen LogP contribution in [-0.2, 0) is 6.54 Å². The first kappa shape index (κ1) is 13.3. The lowest BCUT2D eigenvalue weighted by molar-refractivity contribution is 0.395. The molecular formula is C14H12F3NO. The molecule has 100 valence electrons. The molecule has 0 spiro atoms. The third-order valence-electron chi connectivity index (χ3n) is 2.75. The zero-order valence-electron chi connectivity index (χ0n) is 10.2. The van der Waals surface area contributed by atoms with Crippen LogP contribution in [-0.4, -0.2) is 5.11 Å². The van der Waals surface area contributed by atoms with E-state index in [1.165, 1.54) is 6.07 Å². The van der Waals surface area contributed by atoms with Gasteiger partial charge in [-0.3, -0.25) is 0 Å². The van der Waals surface area contributed by atoms with Crippen molar-refractivity contribution in [2.75, 3.05) is 5.32 Å². The highest BCUT2D eigenvalue weighted by Gasteiger charge is 2.09. The van der Waals surface area contributed by atoms with E-state index in [0.29, 0.717) is 16.8 Å². The quantitative estimate of drug-likeness (QED) is 0.888. The van der Waals surface area contributed by atoms with Crippen molar-refractivity contribution in [2.45, 2.75) is 13.5 Å². The molecule has 2 aromatic carbocycles.